The summed E-state index contributed by atoms with van der Waals surface area (Å²) in [5, 5.41) is 2.52. The van der Waals surface area contributed by atoms with Crippen molar-refractivity contribution in [2.24, 2.45) is 0 Å². The molecule has 0 radical (unpaired) electrons. The Morgan fingerprint density at radius 1 is 0.839 bits per heavy atom. The van der Waals surface area contributed by atoms with Crippen LogP contribution in [0.4, 0.5) is 0 Å². The maximum absolute atomic E-state index is 6.45. The van der Waals surface area contributed by atoms with Crippen molar-refractivity contribution in [3.05, 3.63) is 83.0 Å². The van der Waals surface area contributed by atoms with Gasteiger partial charge in [0.25, 0.3) is 0 Å². The fraction of sp³-hybridized carbons (Fsp3) is 0.400. The predicted octanol–water partition coefficient (Wildman–Crippen LogP) is 9.20. The van der Waals surface area contributed by atoms with Crippen LogP contribution in [0.25, 0.3) is 16.8 Å². The normalized spacial score (nSPS) is 18.6. The lowest BCUT2D eigenvalue weighted by molar-refractivity contribution is 0.129. The Morgan fingerprint density at radius 2 is 1.52 bits per heavy atom. The molecule has 2 aromatic carbocycles. The molecule has 0 saturated heterocycles. The monoisotopic (exact) mass is 414 g/mol. The second kappa shape index (κ2) is 10.7. The van der Waals surface area contributed by atoms with Crippen LogP contribution in [0.1, 0.15) is 78.7 Å². The highest BCUT2D eigenvalue weighted by atomic mass is 16.5. The minimum absolute atomic E-state index is 0.242. The van der Waals surface area contributed by atoms with Gasteiger partial charge in [-0.15, -0.1) is 0 Å². The van der Waals surface area contributed by atoms with Gasteiger partial charge in [-0.05, 0) is 96.1 Å². The molecule has 164 valence electrons. The number of hydrogen-bond donors (Lipinski definition) is 0. The van der Waals surface area contributed by atoms with Crippen molar-refractivity contribution in [1.29, 1.82) is 0 Å². The molecule has 1 atom stereocenters. The zero-order valence-corrected chi connectivity index (χ0v) is 20.0. The summed E-state index contributed by atoms with van der Waals surface area (Å²) >= 11 is 0. The summed E-state index contributed by atoms with van der Waals surface area (Å²) < 4.78 is 6.45. The van der Waals surface area contributed by atoms with E-state index in [0.29, 0.717) is 0 Å². The van der Waals surface area contributed by atoms with Gasteiger partial charge in [-0.25, -0.2) is 0 Å². The molecule has 0 saturated carbocycles. The Morgan fingerprint density at radius 3 is 2.26 bits per heavy atom. The van der Waals surface area contributed by atoms with Crippen molar-refractivity contribution in [2.45, 2.75) is 78.7 Å². The summed E-state index contributed by atoms with van der Waals surface area (Å²) in [5.74, 6) is 0.998. The van der Waals surface area contributed by atoms with Gasteiger partial charge in [0.2, 0.25) is 0 Å². The number of rotatable bonds is 9. The van der Waals surface area contributed by atoms with Crippen molar-refractivity contribution >= 4 is 16.8 Å². The Hall–Kier alpha value is -2.54. The Balaban J connectivity index is 1.50. The zero-order valence-electron chi connectivity index (χ0n) is 20.0. The third-order valence-electron chi connectivity index (χ3n) is 6.13. The molecule has 0 bridgehead atoms. The first-order valence-electron chi connectivity index (χ1n) is 11.7. The van der Waals surface area contributed by atoms with Gasteiger partial charge < -0.3 is 4.74 Å². The molecular formula is C30H38O. The highest BCUT2D eigenvalue weighted by Crippen LogP contribution is 2.37. The molecule has 1 aliphatic heterocycles. The molecule has 1 heteroatoms. The number of hydrogen-bond acceptors (Lipinski definition) is 1. The highest BCUT2D eigenvalue weighted by molar-refractivity contribution is 5.93. The van der Waals surface area contributed by atoms with Crippen LogP contribution in [0.3, 0.4) is 0 Å². The van der Waals surface area contributed by atoms with Crippen LogP contribution in [0, 0.1) is 0 Å². The first-order valence-corrected chi connectivity index (χ1v) is 11.7. The lowest BCUT2D eigenvalue weighted by Crippen LogP contribution is -2.31. The molecule has 1 heterocycles. The second-order valence-electron chi connectivity index (χ2n) is 9.45. The molecule has 31 heavy (non-hydrogen) atoms. The SMILES string of the molecule is CC(C)=CCC/C(C)=C/CC/C(C)=C/CCC1(C)C=Cc2c(ccc3ccccc23)O1. The van der Waals surface area contributed by atoms with Crippen LogP contribution in [0.5, 0.6) is 5.75 Å². The zero-order chi connectivity index (χ0) is 22.3. The summed E-state index contributed by atoms with van der Waals surface area (Å²) in [5.41, 5.74) is 5.35. The molecule has 0 spiro atoms. The summed E-state index contributed by atoms with van der Waals surface area (Å²) in [6.45, 7) is 11.1. The van der Waals surface area contributed by atoms with Crippen molar-refractivity contribution in [3.63, 3.8) is 0 Å². The van der Waals surface area contributed by atoms with Gasteiger partial charge in [0.15, 0.2) is 0 Å². The maximum atomic E-state index is 6.45. The molecule has 0 aliphatic carbocycles. The van der Waals surface area contributed by atoms with E-state index in [-0.39, 0.29) is 5.60 Å². The van der Waals surface area contributed by atoms with Crippen LogP contribution in [-0.2, 0) is 0 Å². The summed E-state index contributed by atoms with van der Waals surface area (Å²) in [4.78, 5) is 0. The van der Waals surface area contributed by atoms with Gasteiger partial charge in [-0.2, -0.15) is 0 Å². The number of allylic oxidation sites excluding steroid dienone is 6. The fourth-order valence-corrected chi connectivity index (χ4v) is 4.16. The molecule has 1 unspecified atom stereocenters. The summed E-state index contributed by atoms with van der Waals surface area (Å²) in [7, 11) is 0. The lowest BCUT2D eigenvalue weighted by atomic mass is 9.92. The van der Waals surface area contributed by atoms with Crippen LogP contribution in [0.15, 0.2) is 77.4 Å². The average Bonchev–Trinajstić information content (AvgIpc) is 2.73. The van der Waals surface area contributed by atoms with E-state index < -0.39 is 0 Å². The Labute approximate surface area is 189 Å². The van der Waals surface area contributed by atoms with Crippen LogP contribution >= 0.6 is 0 Å². The largest absolute Gasteiger partial charge is 0.483 e. The first-order chi connectivity index (χ1) is 14.9. The van der Waals surface area contributed by atoms with E-state index in [9.17, 15) is 0 Å². The average molecular weight is 415 g/mol. The maximum Gasteiger partial charge on any atom is 0.128 e. The van der Waals surface area contributed by atoms with Crippen LogP contribution in [-0.4, -0.2) is 5.60 Å². The lowest BCUT2D eigenvalue weighted by Gasteiger charge is -2.32. The Kier molecular flexibility index (Phi) is 7.96. The summed E-state index contributed by atoms with van der Waals surface area (Å²) in [6, 6.07) is 12.8. The standard InChI is InChI=1S/C30H38O/c1-23(2)11-8-12-24(3)13-9-14-25(4)15-10-21-30(5)22-20-28-27-17-7-6-16-26(27)18-19-29(28)31-30/h6-7,11,13,15-20,22H,8-10,12,14,21H2,1-5H3/b24-13+,25-15+. The van der Waals surface area contributed by atoms with Gasteiger partial charge in [-0.1, -0.05) is 71.4 Å². The highest BCUT2D eigenvalue weighted by Gasteiger charge is 2.27. The molecule has 1 aliphatic rings. The first kappa shape index (κ1) is 23.1. The van der Waals surface area contributed by atoms with Gasteiger partial charge in [-0.3, -0.25) is 0 Å². The van der Waals surface area contributed by atoms with Crippen molar-refractivity contribution in [3.8, 4) is 5.75 Å². The second-order valence-corrected chi connectivity index (χ2v) is 9.45. The number of fused-ring (bicyclic) bond motifs is 3. The third-order valence-corrected chi connectivity index (χ3v) is 6.13. The van der Waals surface area contributed by atoms with E-state index in [2.05, 4.69) is 101 Å². The quantitative estimate of drug-likeness (QED) is 0.372. The van der Waals surface area contributed by atoms with Gasteiger partial charge in [0, 0.05) is 5.56 Å². The molecule has 0 N–H and O–H groups in total. The molecule has 2 aromatic rings. The van der Waals surface area contributed by atoms with E-state index in [4.69, 9.17) is 4.74 Å². The number of ether oxygens (including phenoxy) is 1. The predicted molar refractivity (Wildman–Crippen MR) is 137 cm³/mol. The molecule has 3 rings (SSSR count). The molecule has 1 nitrogen and oxygen atoms in total. The summed E-state index contributed by atoms with van der Waals surface area (Å²) in [6.07, 6.45) is 18.3. The molecular weight excluding hydrogens is 376 g/mol. The van der Waals surface area contributed by atoms with Crippen molar-refractivity contribution in [2.75, 3.05) is 0 Å². The third kappa shape index (κ3) is 6.72. The molecule has 0 aromatic heterocycles. The Bertz CT molecular complexity index is 1010. The van der Waals surface area contributed by atoms with Gasteiger partial charge >= 0.3 is 0 Å². The smallest absolute Gasteiger partial charge is 0.128 e. The van der Waals surface area contributed by atoms with Crippen LogP contribution in [0.2, 0.25) is 0 Å². The minimum atomic E-state index is -0.242. The van der Waals surface area contributed by atoms with E-state index in [1.165, 1.54) is 39.5 Å². The minimum Gasteiger partial charge on any atom is -0.483 e. The van der Waals surface area contributed by atoms with E-state index in [1.807, 2.05) is 0 Å². The fourth-order valence-electron chi connectivity index (χ4n) is 4.16. The van der Waals surface area contributed by atoms with E-state index in [0.717, 1.165) is 37.9 Å². The topological polar surface area (TPSA) is 9.23 Å². The molecule has 0 amide bonds. The van der Waals surface area contributed by atoms with Crippen LogP contribution < -0.4 is 4.74 Å². The van der Waals surface area contributed by atoms with Gasteiger partial charge in [0.05, 0.1) is 0 Å². The number of benzene rings is 2. The molecule has 0 fully saturated rings. The van der Waals surface area contributed by atoms with E-state index in [1.54, 1.807) is 0 Å². The van der Waals surface area contributed by atoms with Crippen molar-refractivity contribution < 1.29 is 4.74 Å². The van der Waals surface area contributed by atoms with E-state index >= 15 is 0 Å². The van der Waals surface area contributed by atoms with Crippen molar-refractivity contribution in [1.82, 2.24) is 0 Å². The van der Waals surface area contributed by atoms with Gasteiger partial charge in [0.1, 0.15) is 11.4 Å².